The van der Waals surface area contributed by atoms with E-state index in [0.717, 1.165) is 25.1 Å². The second kappa shape index (κ2) is 8.01. The van der Waals surface area contributed by atoms with Gasteiger partial charge in [-0.15, -0.1) is 0 Å². The van der Waals surface area contributed by atoms with Crippen molar-refractivity contribution in [2.24, 2.45) is 11.3 Å². The second-order valence-electron chi connectivity index (χ2n) is 9.21. The zero-order valence-corrected chi connectivity index (χ0v) is 17.2. The smallest absolute Gasteiger partial charge is 0.408 e. The number of rotatable bonds is 5. The van der Waals surface area contributed by atoms with Crippen LogP contribution in [0.1, 0.15) is 66.1 Å². The van der Waals surface area contributed by atoms with E-state index >= 15 is 0 Å². The number of amides is 2. The predicted octanol–water partition coefficient (Wildman–Crippen LogP) is 3.87. The Morgan fingerprint density at radius 2 is 1.86 bits per heavy atom. The van der Waals surface area contributed by atoms with E-state index in [2.05, 4.69) is 29.5 Å². The number of nitrogens with one attached hydrogen (secondary N) is 2. The zero-order chi connectivity index (χ0) is 21.3. The molecule has 1 fully saturated rings. The van der Waals surface area contributed by atoms with Crippen LogP contribution < -0.4 is 10.6 Å². The van der Waals surface area contributed by atoms with E-state index in [4.69, 9.17) is 4.74 Å². The number of halogens is 2. The number of hydrogen-bond acceptors (Lipinski definition) is 4. The van der Waals surface area contributed by atoms with Gasteiger partial charge in [0.2, 0.25) is 5.91 Å². The number of pyridine rings is 1. The van der Waals surface area contributed by atoms with Gasteiger partial charge in [0.1, 0.15) is 23.3 Å². The summed E-state index contributed by atoms with van der Waals surface area (Å²) in [6.07, 6.45) is 1.74. The van der Waals surface area contributed by atoms with E-state index in [-0.39, 0.29) is 17.0 Å². The monoisotopic (exact) mass is 397 g/mol. The summed E-state index contributed by atoms with van der Waals surface area (Å²) in [5.74, 6) is -2.14. The largest absolute Gasteiger partial charge is 0.444 e. The van der Waals surface area contributed by atoms with Gasteiger partial charge in [-0.05, 0) is 51.9 Å². The Morgan fingerprint density at radius 3 is 2.36 bits per heavy atom. The molecule has 28 heavy (non-hydrogen) atoms. The Balaban J connectivity index is 2.10. The molecule has 2 atom stereocenters. The summed E-state index contributed by atoms with van der Waals surface area (Å²) in [7, 11) is 0. The third-order valence-electron chi connectivity index (χ3n) is 4.66. The molecule has 156 valence electrons. The van der Waals surface area contributed by atoms with Crippen LogP contribution in [0.15, 0.2) is 12.3 Å². The van der Waals surface area contributed by atoms with Gasteiger partial charge in [-0.3, -0.25) is 9.78 Å². The Kier molecular flexibility index (Phi) is 6.31. The quantitative estimate of drug-likeness (QED) is 0.791. The first-order chi connectivity index (χ1) is 12.8. The van der Waals surface area contributed by atoms with Gasteiger partial charge in [-0.25, -0.2) is 13.6 Å². The molecule has 0 spiro atoms. The maximum atomic E-state index is 13.9. The van der Waals surface area contributed by atoms with Crippen LogP contribution in [0, 0.1) is 23.0 Å². The first kappa shape index (κ1) is 22.0. The van der Waals surface area contributed by atoms with Gasteiger partial charge in [0.05, 0.1) is 17.9 Å². The first-order valence-electron chi connectivity index (χ1n) is 9.38. The highest BCUT2D eigenvalue weighted by Crippen LogP contribution is 2.46. The molecule has 2 N–H and O–H groups in total. The Labute approximate surface area is 164 Å². The van der Waals surface area contributed by atoms with Crippen LogP contribution in [0.25, 0.3) is 0 Å². The Hall–Kier alpha value is -2.25. The lowest BCUT2D eigenvalue weighted by Gasteiger charge is -2.46. The summed E-state index contributed by atoms with van der Waals surface area (Å²) in [5, 5.41) is 5.31. The standard InChI is InChI=1S/C20H29F2N3O3/c1-11(15-14(22)7-13(21)10-23-15)24-17(26)16(12-8-20(5,6)9-12)25-18(27)28-19(2,3)4/h7,10-12,16H,8-9H2,1-6H3,(H,24,26)(H,25,27)/t11-,16?/m0/s1. The fourth-order valence-corrected chi connectivity index (χ4v) is 3.54. The Morgan fingerprint density at radius 1 is 1.25 bits per heavy atom. The summed E-state index contributed by atoms with van der Waals surface area (Å²) < 4.78 is 32.3. The van der Waals surface area contributed by atoms with E-state index in [9.17, 15) is 18.4 Å². The average Bonchev–Trinajstić information content (AvgIpc) is 2.48. The van der Waals surface area contributed by atoms with Crippen LogP contribution in [0.3, 0.4) is 0 Å². The number of carbonyl (C=O) groups is 2. The van der Waals surface area contributed by atoms with Crippen molar-refractivity contribution < 1.29 is 23.1 Å². The van der Waals surface area contributed by atoms with Gasteiger partial charge in [-0.1, -0.05) is 13.8 Å². The molecule has 6 nitrogen and oxygen atoms in total. The molecule has 0 bridgehead atoms. The molecule has 1 saturated carbocycles. The minimum Gasteiger partial charge on any atom is -0.444 e. The van der Waals surface area contributed by atoms with Crippen LogP contribution >= 0.6 is 0 Å². The van der Waals surface area contributed by atoms with Crippen LogP contribution in [0.2, 0.25) is 0 Å². The maximum Gasteiger partial charge on any atom is 0.408 e. The third kappa shape index (κ3) is 5.87. The van der Waals surface area contributed by atoms with Crippen LogP contribution in [-0.2, 0) is 9.53 Å². The van der Waals surface area contributed by atoms with E-state index in [1.54, 1.807) is 27.7 Å². The Bertz CT molecular complexity index is 739. The van der Waals surface area contributed by atoms with Crippen molar-refractivity contribution in [2.45, 2.75) is 72.1 Å². The predicted molar refractivity (Wildman–Crippen MR) is 100 cm³/mol. The molecule has 0 saturated heterocycles. The molecule has 1 aromatic heterocycles. The molecule has 2 rings (SSSR count). The first-order valence-corrected chi connectivity index (χ1v) is 9.38. The molecular weight excluding hydrogens is 368 g/mol. The van der Waals surface area contributed by atoms with Crippen molar-refractivity contribution in [2.75, 3.05) is 0 Å². The third-order valence-corrected chi connectivity index (χ3v) is 4.66. The molecular formula is C20H29F2N3O3. The molecule has 1 aromatic rings. The zero-order valence-electron chi connectivity index (χ0n) is 17.2. The van der Waals surface area contributed by atoms with Crippen LogP contribution in [0.4, 0.5) is 13.6 Å². The maximum absolute atomic E-state index is 13.9. The normalized spacial score (nSPS) is 18.6. The van der Waals surface area contributed by atoms with E-state index in [0.29, 0.717) is 0 Å². The highest BCUT2D eigenvalue weighted by atomic mass is 19.1. The summed E-state index contributed by atoms with van der Waals surface area (Å²) in [6.45, 7) is 10.9. The summed E-state index contributed by atoms with van der Waals surface area (Å²) in [6, 6.07) is -0.881. The molecule has 0 aliphatic heterocycles. The molecule has 8 heteroatoms. The highest BCUT2D eigenvalue weighted by Gasteiger charge is 2.44. The van der Waals surface area contributed by atoms with Crippen molar-refractivity contribution in [1.29, 1.82) is 0 Å². The summed E-state index contributed by atoms with van der Waals surface area (Å²) in [4.78, 5) is 28.8. The highest BCUT2D eigenvalue weighted by molar-refractivity contribution is 5.86. The number of nitrogens with zero attached hydrogens (tertiary/aromatic N) is 1. The van der Waals surface area contributed by atoms with Crippen molar-refractivity contribution in [3.05, 3.63) is 29.6 Å². The van der Waals surface area contributed by atoms with Crippen molar-refractivity contribution >= 4 is 12.0 Å². The number of carbonyl (C=O) groups excluding carboxylic acids is 2. The molecule has 1 aliphatic rings. The minimum absolute atomic E-state index is 0.0549. The molecule has 1 unspecified atom stereocenters. The van der Waals surface area contributed by atoms with E-state index in [1.807, 2.05) is 0 Å². The van der Waals surface area contributed by atoms with Gasteiger partial charge in [0, 0.05) is 6.07 Å². The SMILES string of the molecule is C[C@H](NC(=O)C(NC(=O)OC(C)(C)C)C1CC(C)(C)C1)c1ncc(F)cc1F. The van der Waals surface area contributed by atoms with Crippen molar-refractivity contribution in [1.82, 2.24) is 15.6 Å². The lowest BCUT2D eigenvalue weighted by Crippen LogP contribution is -2.56. The molecule has 0 radical (unpaired) electrons. The molecule has 2 amide bonds. The van der Waals surface area contributed by atoms with E-state index < -0.39 is 41.3 Å². The van der Waals surface area contributed by atoms with Gasteiger partial charge in [-0.2, -0.15) is 0 Å². The van der Waals surface area contributed by atoms with Crippen molar-refractivity contribution in [3.8, 4) is 0 Å². The number of alkyl carbamates (subject to hydrolysis) is 1. The number of aromatic nitrogens is 1. The van der Waals surface area contributed by atoms with Crippen molar-refractivity contribution in [3.63, 3.8) is 0 Å². The lowest BCUT2D eigenvalue weighted by molar-refractivity contribution is -0.127. The lowest BCUT2D eigenvalue weighted by atomic mass is 9.62. The second-order valence-corrected chi connectivity index (χ2v) is 9.21. The number of hydrogen-bond donors (Lipinski definition) is 2. The summed E-state index contributed by atoms with van der Waals surface area (Å²) >= 11 is 0. The molecule has 1 aliphatic carbocycles. The fourth-order valence-electron chi connectivity index (χ4n) is 3.54. The van der Waals surface area contributed by atoms with Crippen LogP contribution in [0.5, 0.6) is 0 Å². The average molecular weight is 397 g/mol. The topological polar surface area (TPSA) is 80.3 Å². The minimum atomic E-state index is -0.839. The summed E-state index contributed by atoms with van der Waals surface area (Å²) in [5.41, 5.74) is -0.673. The van der Waals surface area contributed by atoms with Crippen LogP contribution in [-0.4, -0.2) is 28.6 Å². The van der Waals surface area contributed by atoms with Gasteiger partial charge >= 0.3 is 6.09 Å². The van der Waals surface area contributed by atoms with Gasteiger partial charge < -0.3 is 15.4 Å². The fraction of sp³-hybridized carbons (Fsp3) is 0.650. The molecule has 0 aromatic carbocycles. The van der Waals surface area contributed by atoms with Gasteiger partial charge in [0.15, 0.2) is 0 Å². The van der Waals surface area contributed by atoms with E-state index in [1.165, 1.54) is 0 Å². The number of ether oxygens (including phenoxy) is 1. The molecule has 1 heterocycles. The van der Waals surface area contributed by atoms with Gasteiger partial charge in [0.25, 0.3) is 0 Å².